The number of nitrogens with zero attached hydrogens (tertiary/aromatic N) is 1. The van der Waals surface area contributed by atoms with E-state index >= 15 is 0 Å². The van der Waals surface area contributed by atoms with E-state index in [1.165, 1.54) is 28.8 Å². The van der Waals surface area contributed by atoms with E-state index in [1.807, 2.05) is 30.3 Å². The molecule has 0 fully saturated rings. The van der Waals surface area contributed by atoms with E-state index in [1.54, 1.807) is 24.3 Å². The van der Waals surface area contributed by atoms with E-state index in [0.29, 0.717) is 17.0 Å². The summed E-state index contributed by atoms with van der Waals surface area (Å²) in [6, 6.07) is 19.1. The molecule has 0 atom stereocenters. The SMILES string of the molecule is O=C(NCc1cc2ccccc2o1)c1ccc2c(c1)N(Cc1c(F)cccc1Cl)C(=O)CS2. The van der Waals surface area contributed by atoms with Crippen LogP contribution in [0.5, 0.6) is 0 Å². The summed E-state index contributed by atoms with van der Waals surface area (Å²) in [6.07, 6.45) is 0. The van der Waals surface area contributed by atoms with Gasteiger partial charge in [0, 0.05) is 26.4 Å². The molecule has 0 spiro atoms. The van der Waals surface area contributed by atoms with Crippen LogP contribution in [-0.4, -0.2) is 17.6 Å². The standard InChI is InChI=1S/C25H18ClFN2O3S/c26-19-5-3-6-20(27)18(19)13-29-21-11-16(8-9-23(21)33-14-24(29)30)25(31)28-12-17-10-15-4-1-2-7-22(15)32-17/h1-11H,12-14H2,(H,28,31). The lowest BCUT2D eigenvalue weighted by molar-refractivity contribution is -0.116. The number of hydrogen-bond acceptors (Lipinski definition) is 4. The summed E-state index contributed by atoms with van der Waals surface area (Å²) in [6.45, 7) is 0.217. The van der Waals surface area contributed by atoms with Crippen molar-refractivity contribution < 1.29 is 18.4 Å². The van der Waals surface area contributed by atoms with E-state index in [9.17, 15) is 14.0 Å². The number of nitrogens with one attached hydrogen (secondary N) is 1. The summed E-state index contributed by atoms with van der Waals surface area (Å²) in [7, 11) is 0. The van der Waals surface area contributed by atoms with Crippen LogP contribution < -0.4 is 10.2 Å². The molecule has 0 saturated carbocycles. The third-order valence-electron chi connectivity index (χ3n) is 5.44. The average Bonchev–Trinajstić information content (AvgIpc) is 3.24. The molecule has 1 aromatic heterocycles. The molecular formula is C25H18ClFN2O3S. The third-order valence-corrected chi connectivity index (χ3v) is 6.84. The second kappa shape index (κ2) is 8.92. The normalized spacial score (nSPS) is 13.3. The average molecular weight is 481 g/mol. The van der Waals surface area contributed by atoms with Crippen molar-refractivity contribution in [3.8, 4) is 0 Å². The number of furan rings is 1. The molecule has 2 heterocycles. The molecule has 5 rings (SSSR count). The van der Waals surface area contributed by atoms with Gasteiger partial charge in [0.05, 0.1) is 24.5 Å². The van der Waals surface area contributed by atoms with Gasteiger partial charge in [-0.05, 0) is 42.5 Å². The van der Waals surface area contributed by atoms with Crippen molar-refractivity contribution in [2.24, 2.45) is 0 Å². The van der Waals surface area contributed by atoms with Crippen molar-refractivity contribution in [2.45, 2.75) is 18.0 Å². The number of carbonyl (C=O) groups is 2. The highest BCUT2D eigenvalue weighted by Gasteiger charge is 2.27. The summed E-state index contributed by atoms with van der Waals surface area (Å²) in [4.78, 5) is 27.8. The highest BCUT2D eigenvalue weighted by Crippen LogP contribution is 2.37. The lowest BCUT2D eigenvalue weighted by atomic mass is 10.1. The molecule has 4 aromatic rings. The minimum absolute atomic E-state index is 0.0119. The molecule has 2 amide bonds. The number of rotatable bonds is 5. The van der Waals surface area contributed by atoms with E-state index in [2.05, 4.69) is 5.32 Å². The maximum Gasteiger partial charge on any atom is 0.251 e. The monoisotopic (exact) mass is 480 g/mol. The molecule has 1 N–H and O–H groups in total. The number of benzene rings is 3. The van der Waals surface area contributed by atoms with Gasteiger partial charge in [0.2, 0.25) is 5.91 Å². The van der Waals surface area contributed by atoms with Gasteiger partial charge in [-0.3, -0.25) is 9.59 Å². The van der Waals surface area contributed by atoms with Gasteiger partial charge in [0.1, 0.15) is 17.2 Å². The molecule has 0 aliphatic carbocycles. The van der Waals surface area contributed by atoms with Crippen molar-refractivity contribution in [3.05, 3.63) is 94.5 Å². The summed E-state index contributed by atoms with van der Waals surface area (Å²) in [5, 5.41) is 4.07. The van der Waals surface area contributed by atoms with E-state index in [-0.39, 0.29) is 41.2 Å². The van der Waals surface area contributed by atoms with Crippen molar-refractivity contribution >= 4 is 51.8 Å². The van der Waals surface area contributed by atoms with Gasteiger partial charge in [-0.1, -0.05) is 35.9 Å². The van der Waals surface area contributed by atoms with Gasteiger partial charge in [-0.15, -0.1) is 11.8 Å². The Morgan fingerprint density at radius 1 is 1.12 bits per heavy atom. The van der Waals surface area contributed by atoms with Crippen LogP contribution in [0.25, 0.3) is 11.0 Å². The first kappa shape index (κ1) is 21.6. The van der Waals surface area contributed by atoms with Crippen molar-refractivity contribution in [3.63, 3.8) is 0 Å². The van der Waals surface area contributed by atoms with E-state index in [4.69, 9.17) is 16.0 Å². The van der Waals surface area contributed by atoms with Crippen LogP contribution >= 0.6 is 23.4 Å². The van der Waals surface area contributed by atoms with Crippen LogP contribution in [0.3, 0.4) is 0 Å². The molecule has 0 radical (unpaired) electrons. The highest BCUT2D eigenvalue weighted by molar-refractivity contribution is 8.00. The Labute approximate surface area is 198 Å². The Balaban J connectivity index is 1.38. The van der Waals surface area contributed by atoms with E-state index < -0.39 is 5.82 Å². The highest BCUT2D eigenvalue weighted by atomic mass is 35.5. The predicted molar refractivity (Wildman–Crippen MR) is 127 cm³/mol. The molecule has 0 bridgehead atoms. The predicted octanol–water partition coefficient (Wildman–Crippen LogP) is 5.79. The van der Waals surface area contributed by atoms with Crippen molar-refractivity contribution in [1.82, 2.24) is 5.32 Å². The number of halogens is 2. The second-order valence-electron chi connectivity index (χ2n) is 7.58. The fourth-order valence-corrected chi connectivity index (χ4v) is 4.89. The van der Waals surface area contributed by atoms with Gasteiger partial charge >= 0.3 is 0 Å². The summed E-state index contributed by atoms with van der Waals surface area (Å²) >= 11 is 7.57. The van der Waals surface area contributed by atoms with Crippen molar-refractivity contribution in [2.75, 3.05) is 10.7 Å². The molecule has 166 valence electrons. The Hall–Kier alpha value is -3.29. The molecule has 33 heavy (non-hydrogen) atoms. The van der Waals surface area contributed by atoms with E-state index in [0.717, 1.165) is 15.9 Å². The van der Waals surface area contributed by atoms with Gasteiger partial charge in [0.15, 0.2) is 0 Å². The van der Waals surface area contributed by atoms with Gasteiger partial charge < -0.3 is 14.6 Å². The zero-order chi connectivity index (χ0) is 22.9. The molecule has 0 unspecified atom stereocenters. The third kappa shape index (κ3) is 4.34. The fourth-order valence-electron chi connectivity index (χ4n) is 3.75. The number of amides is 2. The first-order valence-electron chi connectivity index (χ1n) is 10.3. The molecule has 1 aliphatic heterocycles. The van der Waals surface area contributed by atoms with Crippen molar-refractivity contribution in [1.29, 1.82) is 0 Å². The van der Waals surface area contributed by atoms with Crippen LogP contribution in [-0.2, 0) is 17.9 Å². The number of para-hydroxylation sites is 1. The van der Waals surface area contributed by atoms with Gasteiger partial charge in [-0.25, -0.2) is 4.39 Å². The molecule has 3 aromatic carbocycles. The zero-order valence-corrected chi connectivity index (χ0v) is 18.9. The topological polar surface area (TPSA) is 62.6 Å². The van der Waals surface area contributed by atoms with Crippen LogP contribution in [0.1, 0.15) is 21.7 Å². The van der Waals surface area contributed by atoms with Crippen LogP contribution in [0, 0.1) is 5.82 Å². The lowest BCUT2D eigenvalue weighted by Gasteiger charge is -2.30. The first-order valence-corrected chi connectivity index (χ1v) is 11.6. The maximum atomic E-state index is 14.4. The molecule has 5 nitrogen and oxygen atoms in total. The number of carbonyl (C=O) groups excluding carboxylic acids is 2. The molecular weight excluding hydrogens is 463 g/mol. The summed E-state index contributed by atoms with van der Waals surface area (Å²) in [5.74, 6) is -0.0768. The van der Waals surface area contributed by atoms with Crippen LogP contribution in [0.15, 0.2) is 76.0 Å². The maximum absolute atomic E-state index is 14.4. The minimum Gasteiger partial charge on any atom is -0.459 e. The molecule has 8 heteroatoms. The number of anilines is 1. The minimum atomic E-state index is -0.477. The van der Waals surface area contributed by atoms with Gasteiger partial charge in [-0.2, -0.15) is 0 Å². The number of fused-ring (bicyclic) bond motifs is 2. The Bertz CT molecular complexity index is 1330. The van der Waals surface area contributed by atoms with Gasteiger partial charge in [0.25, 0.3) is 5.91 Å². The molecule has 1 aliphatic rings. The Kier molecular flexibility index (Phi) is 5.83. The fraction of sp³-hybridized carbons (Fsp3) is 0.120. The Morgan fingerprint density at radius 2 is 1.97 bits per heavy atom. The largest absolute Gasteiger partial charge is 0.459 e. The second-order valence-corrected chi connectivity index (χ2v) is 9.01. The number of thioether (sulfide) groups is 1. The lowest BCUT2D eigenvalue weighted by Crippen LogP contribution is -2.35. The van der Waals surface area contributed by atoms with Crippen LogP contribution in [0.4, 0.5) is 10.1 Å². The first-order chi connectivity index (χ1) is 16.0. The Morgan fingerprint density at radius 3 is 2.79 bits per heavy atom. The quantitative estimate of drug-likeness (QED) is 0.392. The van der Waals surface area contributed by atoms with Crippen LogP contribution in [0.2, 0.25) is 5.02 Å². The number of hydrogen-bond donors (Lipinski definition) is 1. The zero-order valence-electron chi connectivity index (χ0n) is 17.3. The summed E-state index contributed by atoms with van der Waals surface area (Å²) < 4.78 is 20.1. The smallest absolute Gasteiger partial charge is 0.251 e. The molecule has 0 saturated heterocycles. The summed E-state index contributed by atoms with van der Waals surface area (Å²) in [5.41, 5.74) is 1.95.